The predicted octanol–water partition coefficient (Wildman–Crippen LogP) is 12.1. The largest absolute Gasteiger partial charge is 0.495 e. The van der Waals surface area contributed by atoms with E-state index in [2.05, 4.69) is 42.5 Å². The van der Waals surface area contributed by atoms with Crippen LogP contribution in [0.15, 0.2) is 133 Å². The minimum absolute atomic E-state index is 0.232. The summed E-state index contributed by atoms with van der Waals surface area (Å²) in [5.41, 5.74) is 5.10. The minimum Gasteiger partial charge on any atom is -0.495 e. The molecule has 0 bridgehead atoms. The predicted molar refractivity (Wildman–Crippen MR) is 471 cm³/mol. The van der Waals surface area contributed by atoms with Crippen molar-refractivity contribution >= 4 is 106 Å². The highest BCUT2D eigenvalue weighted by Crippen LogP contribution is 2.36. The van der Waals surface area contributed by atoms with Crippen LogP contribution in [-0.4, -0.2) is 208 Å². The topological polar surface area (TPSA) is 376 Å². The van der Waals surface area contributed by atoms with Crippen LogP contribution in [-0.2, 0) is 83.5 Å². The van der Waals surface area contributed by atoms with Crippen molar-refractivity contribution in [2.75, 3.05) is 99.9 Å². The van der Waals surface area contributed by atoms with Gasteiger partial charge in [0.25, 0.3) is 0 Å². The zero-order valence-electron chi connectivity index (χ0n) is 74.6. The Morgan fingerprint density at radius 3 is 0.944 bits per heavy atom. The van der Waals surface area contributed by atoms with Gasteiger partial charge >= 0.3 is 24.4 Å². The number of carbonyl (C=O) groups is 12. The maximum atomic E-state index is 14.3. The third-order valence-electron chi connectivity index (χ3n) is 22.6. The smallest absolute Gasteiger partial charge is 0.407 e. The molecule has 8 atom stereocenters. The first-order valence-corrected chi connectivity index (χ1v) is 42.2. The number of methoxy groups -OCH3 is 6. The van der Waals surface area contributed by atoms with Crippen LogP contribution in [0.4, 0.5) is 62.1 Å². The summed E-state index contributed by atoms with van der Waals surface area (Å²) < 4.78 is 58.6. The first-order valence-electron chi connectivity index (χ1n) is 42.2. The molecule has 6 aromatic carbocycles. The molecule has 10 rings (SSSR count). The SMILES string of the molecule is COC(=O)N[C@H](C(=O)N1CCC[C@H]1C(=O)Nc1cc(CN(Cc2ccc(OC)c(NC(=O)[C@@H]3CCCN3C(=O)[C@@H](NC(=O)OC)C(C)(C)C)c2)c2ccc(F)cc2)ccc1OC)C(C)(C)C.COC(=O)N[C@H](C(=O)N1CCC[C@H]1C(=O)Nc1cccc(CN(Cc2cccc(NC(=O)[C@@H]3CCCN3C(=O)[C@@H](NC(=O)OC)C(C)C)c2)c2ccc(F)cc2)c1)C(C)C. The van der Waals surface area contributed by atoms with E-state index in [1.807, 2.05) is 128 Å². The normalized spacial score (nSPS) is 17.0. The molecule has 4 saturated heterocycles. The molecule has 0 unspecified atom stereocenters. The van der Waals surface area contributed by atoms with E-state index in [1.54, 1.807) is 60.7 Å². The molecule has 0 saturated carbocycles. The average molecular weight is 1750 g/mol. The maximum absolute atomic E-state index is 14.3. The number of nitrogens with zero attached hydrogens (tertiary/aromatic N) is 6. The van der Waals surface area contributed by atoms with Crippen LogP contribution < -0.4 is 61.8 Å². The number of ether oxygens (including phenoxy) is 6. The molecule has 0 aliphatic carbocycles. The first-order chi connectivity index (χ1) is 59.9. The van der Waals surface area contributed by atoms with Crippen molar-refractivity contribution < 1.29 is 94.7 Å². The molecule has 34 heteroatoms. The Hall–Kier alpha value is -12.8. The van der Waals surface area contributed by atoms with E-state index in [1.165, 1.54) is 86.5 Å². The van der Waals surface area contributed by atoms with Crippen LogP contribution in [0, 0.1) is 34.3 Å². The molecule has 0 spiro atoms. The number of anilines is 6. The Kier molecular flexibility index (Phi) is 34.0. The van der Waals surface area contributed by atoms with Crippen molar-refractivity contribution in [3.8, 4) is 11.5 Å². The highest BCUT2D eigenvalue weighted by atomic mass is 19.1. The molecule has 8 N–H and O–H groups in total. The number of carbonyl (C=O) groups excluding carboxylic acids is 12. The molecule has 0 radical (unpaired) electrons. The number of nitrogens with one attached hydrogen (secondary N) is 8. The summed E-state index contributed by atoms with van der Waals surface area (Å²) in [4.78, 5) is 168. The molecule has 6 aromatic rings. The molecule has 126 heavy (non-hydrogen) atoms. The molecule has 4 fully saturated rings. The van der Waals surface area contributed by atoms with Crippen LogP contribution in [0.25, 0.3) is 0 Å². The molecular weight excluding hydrogens is 1630 g/mol. The van der Waals surface area contributed by atoms with E-state index in [4.69, 9.17) is 28.4 Å². The highest BCUT2D eigenvalue weighted by molar-refractivity contribution is 6.03. The summed E-state index contributed by atoms with van der Waals surface area (Å²) in [6.07, 6.45) is 1.30. The summed E-state index contributed by atoms with van der Waals surface area (Å²) in [5, 5.41) is 22.4. The standard InChI is InChI=1S/C48H64FN7O10.C44H56FN7O8/c1-47(2,3)39(52-45(61)65-9)43(59)55-23-11-13-35(55)41(57)50-33-25-29(15-21-37(33)63-7)27-54(32-19-17-31(49)18-20-32)28-30-16-22-38(64-8)34(26-30)51-42(58)36-14-12-24-56(36)44(60)40(48(4,5)6)53-46(62)66-10;1-27(2)37(48-43(57)59-5)41(55)51-21-9-15-35(51)39(53)46-32-13-7-11-29(23-32)25-50(34-19-17-31(45)18-20-34)26-30-12-8-14-33(24-30)47-40(54)36-16-10-22-52(36)42(56)38(28(3)4)49-44(58)60-6/h15-22,25-26,35-36,39-40H,11-14,23-24,27-28H2,1-10H3,(H,50,57)(H,51,58)(H,52,61)(H,53,62);7-8,11-14,17-20,23-24,27-28,35-38H,9-10,15-16,21-22,25-26H2,1-6H3,(H,46,53)(H,47,54)(H,48,57)(H,49,58)/t35-,36-,39+,40+;35-,36-,37-,38-/m00/s1. The van der Waals surface area contributed by atoms with Gasteiger partial charge in [0.2, 0.25) is 47.3 Å². The average Bonchev–Trinajstić information content (AvgIpc) is 1.59. The molecule has 680 valence electrons. The van der Waals surface area contributed by atoms with Gasteiger partial charge in [0.15, 0.2) is 0 Å². The van der Waals surface area contributed by atoms with Crippen LogP contribution in [0.3, 0.4) is 0 Å². The molecule has 12 amide bonds. The number of likely N-dealkylation sites (tertiary alicyclic amines) is 4. The van der Waals surface area contributed by atoms with Crippen molar-refractivity contribution in [2.24, 2.45) is 22.7 Å². The Morgan fingerprint density at radius 1 is 0.373 bits per heavy atom. The Balaban J connectivity index is 0.000000286. The van der Waals surface area contributed by atoms with Gasteiger partial charge in [-0.3, -0.25) is 38.4 Å². The van der Waals surface area contributed by atoms with Gasteiger partial charge in [-0.2, -0.15) is 0 Å². The molecule has 32 nitrogen and oxygen atoms in total. The van der Waals surface area contributed by atoms with Crippen molar-refractivity contribution in [1.82, 2.24) is 40.9 Å². The van der Waals surface area contributed by atoms with Gasteiger partial charge in [0, 0.05) is 75.1 Å². The fourth-order valence-corrected chi connectivity index (χ4v) is 15.9. The molecule has 4 aliphatic heterocycles. The molecule has 4 aliphatic rings. The van der Waals surface area contributed by atoms with Gasteiger partial charge in [-0.15, -0.1) is 0 Å². The number of alkyl carbamates (subject to hydrolysis) is 4. The van der Waals surface area contributed by atoms with E-state index in [0.29, 0.717) is 131 Å². The van der Waals surface area contributed by atoms with Gasteiger partial charge < -0.3 is 100 Å². The van der Waals surface area contributed by atoms with Crippen LogP contribution >= 0.6 is 0 Å². The number of rotatable bonds is 30. The summed E-state index contributed by atoms with van der Waals surface area (Å²) in [7, 11) is 7.87. The fraction of sp³-hybridized carbons (Fsp3) is 0.478. The summed E-state index contributed by atoms with van der Waals surface area (Å²) in [6.45, 7) is 20.9. The number of benzene rings is 6. The number of hydrogen-bond donors (Lipinski definition) is 8. The van der Waals surface area contributed by atoms with Crippen LogP contribution in [0.5, 0.6) is 11.5 Å². The summed E-state index contributed by atoms with van der Waals surface area (Å²) >= 11 is 0. The quantitative estimate of drug-likeness (QED) is 0.0194. The Bertz CT molecular complexity index is 4600. The summed E-state index contributed by atoms with van der Waals surface area (Å²) in [6, 6.07) is 31.0. The van der Waals surface area contributed by atoms with Gasteiger partial charge in [-0.1, -0.05) is 106 Å². The van der Waals surface area contributed by atoms with Gasteiger partial charge in [0.1, 0.15) is 71.5 Å². The van der Waals surface area contributed by atoms with E-state index >= 15 is 0 Å². The van der Waals surface area contributed by atoms with Crippen molar-refractivity contribution in [3.05, 3.63) is 167 Å². The van der Waals surface area contributed by atoms with Crippen molar-refractivity contribution in [1.29, 1.82) is 0 Å². The number of amides is 12. The minimum atomic E-state index is -0.940. The van der Waals surface area contributed by atoms with E-state index in [9.17, 15) is 66.3 Å². The second kappa shape index (κ2) is 44.2. The van der Waals surface area contributed by atoms with Crippen molar-refractivity contribution in [3.63, 3.8) is 0 Å². The van der Waals surface area contributed by atoms with Crippen molar-refractivity contribution in [2.45, 2.75) is 195 Å². The second-order valence-electron chi connectivity index (χ2n) is 34.4. The van der Waals surface area contributed by atoms with Gasteiger partial charge in [-0.25, -0.2) is 28.0 Å². The van der Waals surface area contributed by atoms with E-state index in [0.717, 1.165) is 27.9 Å². The Morgan fingerprint density at radius 2 is 0.659 bits per heavy atom. The third-order valence-corrected chi connectivity index (χ3v) is 22.6. The zero-order chi connectivity index (χ0) is 92.0. The van der Waals surface area contributed by atoms with E-state index < -0.39 is 113 Å². The lowest BCUT2D eigenvalue weighted by atomic mass is 9.85. The number of hydrogen-bond acceptors (Lipinski definition) is 20. The zero-order valence-corrected chi connectivity index (χ0v) is 74.6. The summed E-state index contributed by atoms with van der Waals surface area (Å²) in [5.74, 6) is -3.45. The van der Waals surface area contributed by atoms with Crippen LogP contribution in [0.2, 0.25) is 0 Å². The molecular formula is C92H120F2N14O18. The van der Waals surface area contributed by atoms with E-state index in [-0.39, 0.29) is 54.4 Å². The highest BCUT2D eigenvalue weighted by Gasteiger charge is 2.46. The van der Waals surface area contributed by atoms with Crippen LogP contribution in [0.1, 0.15) is 143 Å². The lowest BCUT2D eigenvalue weighted by Gasteiger charge is -2.35. The fourth-order valence-electron chi connectivity index (χ4n) is 15.9. The van der Waals surface area contributed by atoms with Gasteiger partial charge in [-0.05, 0) is 193 Å². The molecule has 4 heterocycles. The second-order valence-corrected chi connectivity index (χ2v) is 34.4. The number of halogens is 2. The monoisotopic (exact) mass is 1750 g/mol. The third kappa shape index (κ3) is 25.7. The Labute approximate surface area is 734 Å². The molecule has 0 aromatic heterocycles. The van der Waals surface area contributed by atoms with Gasteiger partial charge in [0.05, 0.1) is 54.0 Å². The first kappa shape index (κ1) is 97.0. The lowest BCUT2D eigenvalue weighted by Crippen LogP contribution is -2.57. The maximum Gasteiger partial charge on any atom is 0.407 e. The lowest BCUT2D eigenvalue weighted by molar-refractivity contribution is -0.140.